The minimum absolute atomic E-state index is 0.0967. The smallest absolute Gasteiger partial charge is 0.310 e. The number of benzene rings is 2. The number of Topliss-reactive ketones (excluding diaryl/α,β-unsaturated/α-hetero) is 1. The summed E-state index contributed by atoms with van der Waals surface area (Å²) in [6.45, 7) is -0.523. The Kier molecular flexibility index (Phi) is 5.52. The van der Waals surface area contributed by atoms with E-state index in [4.69, 9.17) is 27.9 Å². The first-order valence-corrected chi connectivity index (χ1v) is 7.10. The summed E-state index contributed by atoms with van der Waals surface area (Å²) in [5.41, 5.74) is 0.425. The normalized spacial score (nSPS) is 10.3. The average Bonchev–Trinajstić information content (AvgIpc) is 2.48. The Bertz CT molecular complexity index is 716. The number of esters is 1. The number of hydrogen-bond donors (Lipinski definition) is 0. The molecule has 0 N–H and O–H groups in total. The lowest BCUT2D eigenvalue weighted by atomic mass is 10.1. The third-order valence-electron chi connectivity index (χ3n) is 2.89. The maximum atomic E-state index is 13.4. The van der Waals surface area contributed by atoms with E-state index in [-0.39, 0.29) is 12.0 Å². The SMILES string of the molecule is O=C(Cc1ccc(Cl)cc1Cl)OCC(=O)c1ccccc1F. The molecule has 2 aromatic rings. The molecule has 114 valence electrons. The van der Waals surface area contributed by atoms with E-state index in [1.54, 1.807) is 12.1 Å². The highest BCUT2D eigenvalue weighted by atomic mass is 35.5. The fourth-order valence-corrected chi connectivity index (χ4v) is 2.26. The summed E-state index contributed by atoms with van der Waals surface area (Å²) in [6.07, 6.45) is -0.0967. The van der Waals surface area contributed by atoms with Crippen molar-refractivity contribution < 1.29 is 18.7 Å². The summed E-state index contributed by atoms with van der Waals surface area (Å²) in [6, 6.07) is 10.2. The topological polar surface area (TPSA) is 43.4 Å². The highest BCUT2D eigenvalue weighted by Gasteiger charge is 2.14. The molecule has 0 bridgehead atoms. The van der Waals surface area contributed by atoms with Gasteiger partial charge in [0, 0.05) is 10.0 Å². The van der Waals surface area contributed by atoms with Crippen LogP contribution in [0.3, 0.4) is 0 Å². The molecule has 0 spiro atoms. The highest BCUT2D eigenvalue weighted by Crippen LogP contribution is 2.21. The van der Waals surface area contributed by atoms with Gasteiger partial charge >= 0.3 is 5.97 Å². The fourth-order valence-electron chi connectivity index (χ4n) is 1.78. The summed E-state index contributed by atoms with van der Waals surface area (Å²) < 4.78 is 18.3. The number of halogens is 3. The molecule has 0 unspecified atom stereocenters. The maximum absolute atomic E-state index is 13.4. The van der Waals surface area contributed by atoms with Crippen molar-refractivity contribution in [2.75, 3.05) is 6.61 Å². The summed E-state index contributed by atoms with van der Waals surface area (Å²) in [7, 11) is 0. The van der Waals surface area contributed by atoms with Gasteiger partial charge in [-0.05, 0) is 29.8 Å². The maximum Gasteiger partial charge on any atom is 0.310 e. The van der Waals surface area contributed by atoms with Crippen LogP contribution in [0.1, 0.15) is 15.9 Å². The predicted molar refractivity (Wildman–Crippen MR) is 81.9 cm³/mol. The van der Waals surface area contributed by atoms with Crippen LogP contribution in [-0.2, 0) is 16.0 Å². The molecule has 0 aliphatic carbocycles. The first-order valence-electron chi connectivity index (χ1n) is 6.34. The molecule has 0 aliphatic rings. The Balaban J connectivity index is 1.93. The first kappa shape index (κ1) is 16.5. The third kappa shape index (κ3) is 4.29. The lowest BCUT2D eigenvalue weighted by Crippen LogP contribution is -2.16. The predicted octanol–water partition coefficient (Wildman–Crippen LogP) is 4.10. The summed E-state index contributed by atoms with van der Waals surface area (Å²) in [5.74, 6) is -1.88. The van der Waals surface area contributed by atoms with Gasteiger partial charge in [-0.25, -0.2) is 4.39 Å². The quantitative estimate of drug-likeness (QED) is 0.607. The Morgan fingerprint density at radius 1 is 1.09 bits per heavy atom. The third-order valence-corrected chi connectivity index (χ3v) is 3.48. The molecule has 0 aromatic heterocycles. The number of carbonyl (C=O) groups is 2. The van der Waals surface area contributed by atoms with E-state index in [2.05, 4.69) is 0 Å². The second-order valence-electron chi connectivity index (χ2n) is 4.48. The molecule has 0 saturated carbocycles. The van der Waals surface area contributed by atoms with Crippen LogP contribution in [0, 0.1) is 5.82 Å². The van der Waals surface area contributed by atoms with E-state index in [0.29, 0.717) is 15.6 Å². The van der Waals surface area contributed by atoms with Gasteiger partial charge in [-0.3, -0.25) is 9.59 Å². The van der Waals surface area contributed by atoms with E-state index >= 15 is 0 Å². The molecule has 2 rings (SSSR count). The standard InChI is InChI=1S/C16H11Cl2FO3/c17-11-6-5-10(13(18)8-11)7-16(21)22-9-15(20)12-3-1-2-4-14(12)19/h1-6,8H,7,9H2. The van der Waals surface area contributed by atoms with Crippen LogP contribution in [0.4, 0.5) is 4.39 Å². The van der Waals surface area contributed by atoms with Gasteiger partial charge in [0.05, 0.1) is 12.0 Å². The van der Waals surface area contributed by atoms with Crippen molar-refractivity contribution in [2.24, 2.45) is 0 Å². The van der Waals surface area contributed by atoms with Crippen molar-refractivity contribution in [3.63, 3.8) is 0 Å². The van der Waals surface area contributed by atoms with Crippen LogP contribution >= 0.6 is 23.2 Å². The van der Waals surface area contributed by atoms with E-state index in [0.717, 1.165) is 0 Å². The Morgan fingerprint density at radius 3 is 2.50 bits per heavy atom. The minimum atomic E-state index is -0.649. The fraction of sp³-hybridized carbons (Fsp3) is 0.125. The molecule has 0 amide bonds. The number of hydrogen-bond acceptors (Lipinski definition) is 3. The van der Waals surface area contributed by atoms with Crippen molar-refractivity contribution >= 4 is 35.0 Å². The number of carbonyl (C=O) groups excluding carboxylic acids is 2. The molecule has 0 aliphatic heterocycles. The average molecular weight is 341 g/mol. The number of ketones is 1. The molecule has 0 fully saturated rings. The van der Waals surface area contributed by atoms with E-state index in [1.165, 1.54) is 30.3 Å². The summed E-state index contributed by atoms with van der Waals surface area (Å²) in [4.78, 5) is 23.5. The van der Waals surface area contributed by atoms with Crippen LogP contribution in [0.15, 0.2) is 42.5 Å². The van der Waals surface area contributed by atoms with E-state index < -0.39 is 24.2 Å². The van der Waals surface area contributed by atoms with Crippen molar-refractivity contribution in [1.29, 1.82) is 0 Å². The van der Waals surface area contributed by atoms with Gasteiger partial charge in [0.2, 0.25) is 5.78 Å². The van der Waals surface area contributed by atoms with Crippen LogP contribution in [0.2, 0.25) is 10.0 Å². The first-order chi connectivity index (χ1) is 10.5. The molecule has 0 saturated heterocycles. The molecule has 22 heavy (non-hydrogen) atoms. The summed E-state index contributed by atoms with van der Waals surface area (Å²) in [5, 5.41) is 0.793. The lowest BCUT2D eigenvalue weighted by Gasteiger charge is -2.06. The molecule has 0 radical (unpaired) electrons. The zero-order valence-electron chi connectivity index (χ0n) is 11.3. The number of ether oxygens (including phenoxy) is 1. The lowest BCUT2D eigenvalue weighted by molar-refractivity contribution is -0.141. The van der Waals surface area contributed by atoms with Gasteiger partial charge in [0.25, 0.3) is 0 Å². The molecule has 3 nitrogen and oxygen atoms in total. The molecular formula is C16H11Cl2FO3. The van der Waals surface area contributed by atoms with Crippen molar-refractivity contribution in [3.05, 3.63) is 69.5 Å². The van der Waals surface area contributed by atoms with Gasteiger partial charge in [-0.15, -0.1) is 0 Å². The molecule has 0 heterocycles. The van der Waals surface area contributed by atoms with Gasteiger partial charge in [-0.1, -0.05) is 41.4 Å². The molecular weight excluding hydrogens is 330 g/mol. The Morgan fingerprint density at radius 2 is 1.82 bits per heavy atom. The summed E-state index contributed by atoms with van der Waals surface area (Å²) >= 11 is 11.7. The minimum Gasteiger partial charge on any atom is -0.457 e. The Hall–Kier alpha value is -1.91. The van der Waals surface area contributed by atoms with Gasteiger partial charge in [0.15, 0.2) is 6.61 Å². The van der Waals surface area contributed by atoms with Crippen LogP contribution in [-0.4, -0.2) is 18.4 Å². The molecule has 2 aromatic carbocycles. The van der Waals surface area contributed by atoms with E-state index in [9.17, 15) is 14.0 Å². The Labute approximate surface area is 136 Å². The van der Waals surface area contributed by atoms with Crippen molar-refractivity contribution in [1.82, 2.24) is 0 Å². The second kappa shape index (κ2) is 7.38. The number of rotatable bonds is 5. The van der Waals surface area contributed by atoms with Gasteiger partial charge in [-0.2, -0.15) is 0 Å². The monoisotopic (exact) mass is 340 g/mol. The zero-order valence-corrected chi connectivity index (χ0v) is 12.8. The zero-order chi connectivity index (χ0) is 16.1. The van der Waals surface area contributed by atoms with Crippen LogP contribution in [0.25, 0.3) is 0 Å². The van der Waals surface area contributed by atoms with E-state index in [1.807, 2.05) is 0 Å². The van der Waals surface area contributed by atoms with Gasteiger partial charge in [0.1, 0.15) is 5.82 Å². The van der Waals surface area contributed by atoms with Crippen molar-refractivity contribution in [3.8, 4) is 0 Å². The van der Waals surface area contributed by atoms with Gasteiger partial charge < -0.3 is 4.74 Å². The molecule has 6 heteroatoms. The second-order valence-corrected chi connectivity index (χ2v) is 5.32. The highest BCUT2D eigenvalue weighted by molar-refractivity contribution is 6.35. The van der Waals surface area contributed by atoms with Crippen LogP contribution in [0.5, 0.6) is 0 Å². The largest absolute Gasteiger partial charge is 0.457 e. The van der Waals surface area contributed by atoms with Crippen LogP contribution < -0.4 is 0 Å². The molecule has 0 atom stereocenters. The van der Waals surface area contributed by atoms with Crippen molar-refractivity contribution in [2.45, 2.75) is 6.42 Å².